The summed E-state index contributed by atoms with van der Waals surface area (Å²) in [5.74, 6) is -0.594. The minimum atomic E-state index is -2.29. The van der Waals surface area contributed by atoms with Crippen LogP contribution in [0.4, 0.5) is 0 Å². The molecule has 0 amide bonds. The zero-order chi connectivity index (χ0) is 9.42. The molecule has 1 N–H and O–H groups in total. The number of hydrogen-bond donors (Lipinski definition) is 1. The normalized spacial score (nSPS) is 12.4. The predicted octanol–water partition coefficient (Wildman–Crippen LogP) is -2.64. The topological polar surface area (TPSA) is 86.1 Å². The first kappa shape index (κ1) is 11.7. The Kier molecular flexibility index (Phi) is 3.68. The molecule has 1 aromatic heterocycles. The maximum atomic E-state index is 10.7. The van der Waals surface area contributed by atoms with Crippen molar-refractivity contribution in [2.75, 3.05) is 0 Å². The zero-order valence-corrected chi connectivity index (χ0v) is 10.1. The van der Waals surface area contributed by atoms with Gasteiger partial charge in [-0.2, -0.15) is 0 Å². The van der Waals surface area contributed by atoms with E-state index in [4.69, 9.17) is 4.42 Å². The molecule has 0 aliphatic heterocycles. The van der Waals surface area contributed by atoms with E-state index in [0.717, 1.165) is 0 Å². The van der Waals surface area contributed by atoms with Gasteiger partial charge in [-0.3, -0.25) is 9.19 Å². The smallest absolute Gasteiger partial charge is 0.768 e. The van der Waals surface area contributed by atoms with Crippen LogP contribution in [0.25, 0.3) is 11.1 Å². The third-order valence-electron chi connectivity index (χ3n) is 1.58. The quantitative estimate of drug-likeness (QED) is 0.421. The summed E-state index contributed by atoms with van der Waals surface area (Å²) in [5, 5.41) is 0. The fourth-order valence-corrected chi connectivity index (χ4v) is 1.43. The summed E-state index contributed by atoms with van der Waals surface area (Å²) in [4.78, 5) is 13.2. The van der Waals surface area contributed by atoms with Crippen LogP contribution in [0.3, 0.4) is 0 Å². The Hall–Kier alpha value is -0.400. The van der Waals surface area contributed by atoms with Gasteiger partial charge in [-0.05, 0) is 29.3 Å². The van der Waals surface area contributed by atoms with Gasteiger partial charge < -0.3 is 8.97 Å². The number of aromatic nitrogens is 1. The number of aromatic amines is 1. The molecule has 0 aliphatic carbocycles. The van der Waals surface area contributed by atoms with E-state index in [1.165, 1.54) is 18.2 Å². The number of nitrogens with one attached hydrogen (secondary N) is 1. The van der Waals surface area contributed by atoms with E-state index in [1.807, 2.05) is 0 Å². The number of oxazole rings is 1. The van der Waals surface area contributed by atoms with Crippen LogP contribution in [0, 0.1) is 0 Å². The Morgan fingerprint density at radius 3 is 2.79 bits per heavy atom. The maximum absolute atomic E-state index is 10.7. The fraction of sp³-hybridized carbons (Fsp3) is 0. The van der Waals surface area contributed by atoms with Gasteiger partial charge in [-0.15, -0.1) is 0 Å². The molecule has 5 nitrogen and oxygen atoms in total. The van der Waals surface area contributed by atoms with Crippen molar-refractivity contribution in [1.82, 2.24) is 4.98 Å². The first-order valence-electron chi connectivity index (χ1n) is 3.39. The van der Waals surface area contributed by atoms with Crippen molar-refractivity contribution in [3.8, 4) is 0 Å². The summed E-state index contributed by atoms with van der Waals surface area (Å²) < 4.78 is 25.7. The van der Waals surface area contributed by atoms with E-state index < -0.39 is 16.8 Å². The molecule has 2 aromatic rings. The van der Waals surface area contributed by atoms with Crippen LogP contribution in [0.5, 0.6) is 0 Å². The second-order valence-electron chi connectivity index (χ2n) is 2.41. The van der Waals surface area contributed by atoms with Crippen LogP contribution in [0.15, 0.2) is 32.3 Å². The van der Waals surface area contributed by atoms with Crippen molar-refractivity contribution >= 4 is 22.2 Å². The Bertz CT molecular complexity index is 532. The van der Waals surface area contributed by atoms with Gasteiger partial charge in [0.1, 0.15) is 0 Å². The first-order chi connectivity index (χ1) is 6.16. The average molecular weight is 221 g/mol. The zero-order valence-electron chi connectivity index (χ0n) is 7.27. The number of benzene rings is 1. The summed E-state index contributed by atoms with van der Waals surface area (Å²) in [6.45, 7) is 0. The van der Waals surface area contributed by atoms with Crippen LogP contribution < -0.4 is 35.3 Å². The third-order valence-corrected chi connectivity index (χ3v) is 2.22. The Labute approximate surface area is 103 Å². The van der Waals surface area contributed by atoms with Crippen LogP contribution in [-0.2, 0) is 11.1 Å². The van der Waals surface area contributed by atoms with Crippen molar-refractivity contribution in [2.45, 2.75) is 4.90 Å². The van der Waals surface area contributed by atoms with E-state index >= 15 is 0 Å². The van der Waals surface area contributed by atoms with Crippen LogP contribution in [0.1, 0.15) is 0 Å². The minimum Gasteiger partial charge on any atom is -0.768 e. The summed E-state index contributed by atoms with van der Waals surface area (Å²) in [6, 6.07) is 4.13. The number of H-pyrrole nitrogens is 1. The molecule has 1 atom stereocenters. The predicted molar refractivity (Wildman–Crippen MR) is 44.0 cm³/mol. The number of fused-ring (bicyclic) bond motifs is 1. The molecule has 0 aliphatic rings. The standard InChI is InChI=1S/C7H5NO4S.Na/c9-7-8-5-3-4(13(10)11)1-2-6(5)12-7;/h1-3H,(H,8,9)(H,10,11);/q;+1/p-1. The molecule has 0 saturated heterocycles. The monoisotopic (exact) mass is 221 g/mol. The van der Waals surface area contributed by atoms with E-state index in [2.05, 4.69) is 4.98 Å². The van der Waals surface area contributed by atoms with Crippen LogP contribution in [0.2, 0.25) is 0 Å². The van der Waals surface area contributed by atoms with Crippen LogP contribution in [-0.4, -0.2) is 13.7 Å². The molecule has 14 heavy (non-hydrogen) atoms. The molecule has 2 rings (SSSR count). The van der Waals surface area contributed by atoms with E-state index in [-0.39, 0.29) is 34.5 Å². The molecule has 0 bridgehead atoms. The van der Waals surface area contributed by atoms with Gasteiger partial charge in [0, 0.05) is 4.90 Å². The van der Waals surface area contributed by atoms with Gasteiger partial charge in [0.25, 0.3) is 0 Å². The molecule has 0 saturated carbocycles. The summed E-state index contributed by atoms with van der Waals surface area (Å²) in [5.41, 5.74) is 0.728. The van der Waals surface area contributed by atoms with E-state index in [1.54, 1.807) is 0 Å². The summed E-state index contributed by atoms with van der Waals surface area (Å²) in [7, 11) is 0. The summed E-state index contributed by atoms with van der Waals surface area (Å²) in [6.07, 6.45) is 0. The molecular weight excluding hydrogens is 217 g/mol. The largest absolute Gasteiger partial charge is 1.00 e. The number of hydrogen-bond acceptors (Lipinski definition) is 4. The first-order valence-corrected chi connectivity index (χ1v) is 4.46. The third kappa shape index (κ3) is 2.15. The number of rotatable bonds is 1. The average Bonchev–Trinajstić information content (AvgIpc) is 2.42. The molecular formula is C7H4NNaO4S. The van der Waals surface area contributed by atoms with Crippen molar-refractivity contribution in [3.05, 3.63) is 28.7 Å². The Morgan fingerprint density at radius 1 is 1.43 bits per heavy atom. The molecule has 68 valence electrons. The van der Waals surface area contributed by atoms with Crippen molar-refractivity contribution in [2.24, 2.45) is 0 Å². The van der Waals surface area contributed by atoms with Crippen LogP contribution >= 0.6 is 0 Å². The van der Waals surface area contributed by atoms with E-state index in [9.17, 15) is 13.6 Å². The molecule has 1 heterocycles. The van der Waals surface area contributed by atoms with Gasteiger partial charge in [0.15, 0.2) is 5.58 Å². The van der Waals surface area contributed by atoms with Gasteiger partial charge in [0.05, 0.1) is 5.52 Å². The fourth-order valence-electron chi connectivity index (χ4n) is 1.03. The van der Waals surface area contributed by atoms with Crippen molar-refractivity contribution in [1.29, 1.82) is 0 Å². The van der Waals surface area contributed by atoms with Crippen molar-refractivity contribution < 1.29 is 42.7 Å². The second kappa shape index (κ2) is 4.41. The van der Waals surface area contributed by atoms with E-state index in [0.29, 0.717) is 11.1 Å². The van der Waals surface area contributed by atoms with Gasteiger partial charge >= 0.3 is 35.3 Å². The second-order valence-corrected chi connectivity index (χ2v) is 3.35. The van der Waals surface area contributed by atoms with Crippen molar-refractivity contribution in [3.63, 3.8) is 0 Å². The molecule has 1 unspecified atom stereocenters. The summed E-state index contributed by atoms with van der Waals surface area (Å²) >= 11 is -2.29. The molecule has 0 fully saturated rings. The Balaban J connectivity index is 0.000000980. The van der Waals surface area contributed by atoms with Gasteiger partial charge in [-0.1, -0.05) is 0 Å². The molecule has 0 spiro atoms. The van der Waals surface area contributed by atoms with Gasteiger partial charge in [-0.25, -0.2) is 4.79 Å². The minimum absolute atomic E-state index is 0. The Morgan fingerprint density at radius 2 is 2.14 bits per heavy atom. The maximum Gasteiger partial charge on any atom is 1.00 e. The molecule has 0 radical (unpaired) electrons. The SMILES string of the molecule is O=c1[nH]c2cc(S(=O)[O-])ccc2o1.[Na+]. The molecule has 1 aromatic carbocycles. The van der Waals surface area contributed by atoms with Gasteiger partial charge in [0.2, 0.25) is 0 Å². The molecule has 7 heteroatoms.